The van der Waals surface area contributed by atoms with Crippen LogP contribution in [0.5, 0.6) is 5.75 Å². The highest BCUT2D eigenvalue weighted by Gasteiger charge is 2.13. The Kier molecular flexibility index (Phi) is 4.23. The molecular weight excluding hydrogens is 274 g/mol. The number of pyridine rings is 1. The van der Waals surface area contributed by atoms with Crippen LogP contribution in [0, 0.1) is 10.1 Å². The van der Waals surface area contributed by atoms with Crippen molar-refractivity contribution in [1.82, 2.24) is 9.47 Å². The van der Waals surface area contributed by atoms with Crippen LogP contribution in [0.25, 0.3) is 10.9 Å². The van der Waals surface area contributed by atoms with E-state index in [9.17, 15) is 14.9 Å². The van der Waals surface area contributed by atoms with Gasteiger partial charge in [-0.15, -0.1) is 0 Å². The smallest absolute Gasteiger partial charge is 0.293 e. The number of hydrogen-bond donors (Lipinski definition) is 0. The SMILES string of the molecule is COc1cc2cc([N+](=O)[O-])ccc2n(CCN(C)C)c1=O. The Hall–Kier alpha value is -2.41. The second kappa shape index (κ2) is 5.92. The number of benzene rings is 1. The standard InChI is InChI=1S/C14H17N3O4/c1-15(2)6-7-16-12-5-4-11(17(19)20)8-10(12)9-13(21-3)14(16)18/h4-5,8-9H,6-7H2,1-3H3. The molecule has 112 valence electrons. The third-order valence-electron chi connectivity index (χ3n) is 3.25. The number of likely N-dealkylation sites (N-methyl/N-ethyl adjacent to an activating group) is 1. The van der Waals surface area contributed by atoms with Crippen molar-refractivity contribution in [2.75, 3.05) is 27.7 Å². The van der Waals surface area contributed by atoms with Crippen LogP contribution < -0.4 is 10.3 Å². The van der Waals surface area contributed by atoms with E-state index in [-0.39, 0.29) is 17.0 Å². The minimum Gasteiger partial charge on any atom is -0.491 e. The summed E-state index contributed by atoms with van der Waals surface area (Å²) >= 11 is 0. The molecule has 0 N–H and O–H groups in total. The summed E-state index contributed by atoms with van der Waals surface area (Å²) < 4.78 is 6.67. The van der Waals surface area contributed by atoms with E-state index >= 15 is 0 Å². The van der Waals surface area contributed by atoms with Crippen molar-refractivity contribution in [2.24, 2.45) is 0 Å². The topological polar surface area (TPSA) is 77.6 Å². The Morgan fingerprint density at radius 3 is 2.62 bits per heavy atom. The van der Waals surface area contributed by atoms with E-state index in [4.69, 9.17) is 4.74 Å². The first-order valence-electron chi connectivity index (χ1n) is 6.44. The average Bonchev–Trinajstić information content (AvgIpc) is 2.44. The monoisotopic (exact) mass is 291 g/mol. The number of nitro benzene ring substituents is 1. The van der Waals surface area contributed by atoms with Crippen molar-refractivity contribution in [3.8, 4) is 5.75 Å². The summed E-state index contributed by atoms with van der Waals surface area (Å²) in [6.07, 6.45) is 0. The van der Waals surface area contributed by atoms with Gasteiger partial charge in [0.05, 0.1) is 17.5 Å². The van der Waals surface area contributed by atoms with Gasteiger partial charge in [-0.05, 0) is 26.2 Å². The summed E-state index contributed by atoms with van der Waals surface area (Å²) in [6, 6.07) is 5.99. The van der Waals surface area contributed by atoms with Crippen LogP contribution in [0.15, 0.2) is 29.1 Å². The van der Waals surface area contributed by atoms with Crippen LogP contribution >= 0.6 is 0 Å². The quantitative estimate of drug-likeness (QED) is 0.616. The molecule has 1 heterocycles. The summed E-state index contributed by atoms with van der Waals surface area (Å²) in [5.74, 6) is 0.182. The molecule has 0 amide bonds. The lowest BCUT2D eigenvalue weighted by molar-refractivity contribution is -0.384. The molecule has 0 saturated carbocycles. The normalized spacial score (nSPS) is 11.0. The molecule has 21 heavy (non-hydrogen) atoms. The maximum absolute atomic E-state index is 12.3. The van der Waals surface area contributed by atoms with E-state index in [0.717, 1.165) is 0 Å². The zero-order valence-electron chi connectivity index (χ0n) is 12.2. The number of rotatable bonds is 5. The number of nitrogens with zero attached hydrogens (tertiary/aromatic N) is 3. The Morgan fingerprint density at radius 1 is 1.33 bits per heavy atom. The van der Waals surface area contributed by atoms with Gasteiger partial charge < -0.3 is 14.2 Å². The number of ether oxygens (including phenoxy) is 1. The molecule has 0 spiro atoms. The minimum absolute atomic E-state index is 0.0117. The first-order valence-corrected chi connectivity index (χ1v) is 6.44. The first kappa shape index (κ1) is 15.0. The van der Waals surface area contributed by atoms with Crippen molar-refractivity contribution in [1.29, 1.82) is 0 Å². The molecule has 1 aromatic heterocycles. The Bertz CT molecular complexity index is 737. The average molecular weight is 291 g/mol. The second-order valence-corrected chi connectivity index (χ2v) is 4.97. The molecule has 0 saturated heterocycles. The molecule has 0 bridgehead atoms. The van der Waals surface area contributed by atoms with E-state index in [1.165, 1.54) is 25.3 Å². The van der Waals surface area contributed by atoms with E-state index in [1.807, 2.05) is 19.0 Å². The lowest BCUT2D eigenvalue weighted by Gasteiger charge is -2.15. The number of aromatic nitrogens is 1. The van der Waals surface area contributed by atoms with Crippen molar-refractivity contribution in [2.45, 2.75) is 6.54 Å². The van der Waals surface area contributed by atoms with Crippen LogP contribution in [0.3, 0.4) is 0 Å². The lowest BCUT2D eigenvalue weighted by atomic mass is 10.2. The minimum atomic E-state index is -0.457. The summed E-state index contributed by atoms with van der Waals surface area (Å²) in [7, 11) is 5.24. The predicted molar refractivity (Wildman–Crippen MR) is 80.0 cm³/mol. The van der Waals surface area contributed by atoms with Crippen molar-refractivity contribution >= 4 is 16.6 Å². The highest BCUT2D eigenvalue weighted by molar-refractivity contribution is 5.82. The van der Waals surface area contributed by atoms with Gasteiger partial charge in [-0.1, -0.05) is 0 Å². The van der Waals surface area contributed by atoms with E-state index < -0.39 is 4.92 Å². The van der Waals surface area contributed by atoms with Crippen LogP contribution in [-0.2, 0) is 6.54 Å². The predicted octanol–water partition coefficient (Wildman–Crippen LogP) is 1.48. The largest absolute Gasteiger partial charge is 0.491 e. The third-order valence-corrected chi connectivity index (χ3v) is 3.25. The molecule has 0 aliphatic heterocycles. The van der Waals surface area contributed by atoms with Crippen LogP contribution in [-0.4, -0.2) is 42.1 Å². The van der Waals surface area contributed by atoms with Crippen LogP contribution in [0.1, 0.15) is 0 Å². The van der Waals surface area contributed by atoms with Gasteiger partial charge >= 0.3 is 0 Å². The van der Waals surface area contributed by atoms with Gasteiger partial charge in [-0.25, -0.2) is 0 Å². The van der Waals surface area contributed by atoms with Crippen molar-refractivity contribution < 1.29 is 9.66 Å². The van der Waals surface area contributed by atoms with Crippen molar-refractivity contribution in [3.63, 3.8) is 0 Å². The summed E-state index contributed by atoms with van der Waals surface area (Å²) in [4.78, 5) is 24.7. The van der Waals surface area contributed by atoms with Crippen LogP contribution in [0.4, 0.5) is 5.69 Å². The molecule has 0 atom stereocenters. The summed E-state index contributed by atoms with van der Waals surface area (Å²) in [6.45, 7) is 1.16. The zero-order valence-corrected chi connectivity index (χ0v) is 12.2. The Labute approximate surface area is 121 Å². The molecule has 0 aliphatic carbocycles. The maximum atomic E-state index is 12.3. The number of nitro groups is 1. The van der Waals surface area contributed by atoms with Gasteiger partial charge in [0.25, 0.3) is 11.2 Å². The van der Waals surface area contributed by atoms with E-state index in [1.54, 1.807) is 10.6 Å². The maximum Gasteiger partial charge on any atom is 0.293 e. The van der Waals surface area contributed by atoms with E-state index in [2.05, 4.69) is 0 Å². The van der Waals surface area contributed by atoms with Gasteiger partial charge in [0.15, 0.2) is 5.75 Å². The van der Waals surface area contributed by atoms with Gasteiger partial charge in [-0.3, -0.25) is 14.9 Å². The zero-order chi connectivity index (χ0) is 15.6. The third kappa shape index (κ3) is 3.03. The molecular formula is C14H17N3O4. The first-order chi connectivity index (χ1) is 9.93. The molecule has 0 unspecified atom stereocenters. The van der Waals surface area contributed by atoms with Crippen molar-refractivity contribution in [3.05, 3.63) is 44.7 Å². The molecule has 0 radical (unpaired) electrons. The van der Waals surface area contributed by atoms with E-state index in [0.29, 0.717) is 24.0 Å². The highest BCUT2D eigenvalue weighted by Crippen LogP contribution is 2.22. The number of non-ortho nitro benzene ring substituents is 1. The molecule has 0 aliphatic rings. The fourth-order valence-corrected chi connectivity index (χ4v) is 2.13. The fourth-order valence-electron chi connectivity index (χ4n) is 2.13. The summed E-state index contributed by atoms with van der Waals surface area (Å²) in [5, 5.41) is 11.5. The molecule has 7 heteroatoms. The molecule has 2 rings (SSSR count). The van der Waals surface area contributed by atoms with Crippen LogP contribution in [0.2, 0.25) is 0 Å². The van der Waals surface area contributed by atoms with Gasteiger partial charge in [0, 0.05) is 30.6 Å². The molecule has 2 aromatic rings. The summed E-state index contributed by atoms with van der Waals surface area (Å²) in [5.41, 5.74) is 0.413. The Morgan fingerprint density at radius 2 is 2.05 bits per heavy atom. The fraction of sp³-hybridized carbons (Fsp3) is 0.357. The molecule has 7 nitrogen and oxygen atoms in total. The molecule has 1 aromatic carbocycles. The molecule has 0 fully saturated rings. The number of methoxy groups -OCH3 is 1. The lowest BCUT2D eigenvalue weighted by Crippen LogP contribution is -2.27. The van der Waals surface area contributed by atoms with Gasteiger partial charge in [0.1, 0.15) is 0 Å². The highest BCUT2D eigenvalue weighted by atomic mass is 16.6. The second-order valence-electron chi connectivity index (χ2n) is 4.97. The Balaban J connectivity index is 2.65. The number of hydrogen-bond acceptors (Lipinski definition) is 5. The van der Waals surface area contributed by atoms with Gasteiger partial charge in [0.2, 0.25) is 0 Å². The number of fused-ring (bicyclic) bond motifs is 1. The van der Waals surface area contributed by atoms with Gasteiger partial charge in [-0.2, -0.15) is 0 Å².